The van der Waals surface area contributed by atoms with E-state index in [1.54, 1.807) is 0 Å². The van der Waals surface area contributed by atoms with E-state index in [1.807, 2.05) is 29.2 Å². The van der Waals surface area contributed by atoms with Gasteiger partial charge in [-0.1, -0.05) is 42.5 Å². The average Bonchev–Trinajstić information content (AvgIpc) is 2.55. The molecular weight excluding hydrogens is 274 g/mol. The molecule has 0 fully saturated rings. The highest BCUT2D eigenvalue weighted by atomic mass is 16.2. The third-order valence-electron chi connectivity index (χ3n) is 3.84. The van der Waals surface area contributed by atoms with Crippen molar-refractivity contribution in [2.45, 2.75) is 19.3 Å². The molecule has 0 saturated heterocycles. The summed E-state index contributed by atoms with van der Waals surface area (Å²) < 4.78 is 0. The SMILES string of the molecule is NCCCN(CCCN)C(=O)Cc1cccc2ccccc12. The van der Waals surface area contributed by atoms with Gasteiger partial charge in [-0.3, -0.25) is 4.79 Å². The van der Waals surface area contributed by atoms with Crippen LogP contribution in [-0.2, 0) is 11.2 Å². The topological polar surface area (TPSA) is 72.3 Å². The minimum absolute atomic E-state index is 0.151. The summed E-state index contributed by atoms with van der Waals surface area (Å²) >= 11 is 0. The van der Waals surface area contributed by atoms with E-state index in [2.05, 4.69) is 18.2 Å². The molecule has 0 heterocycles. The summed E-state index contributed by atoms with van der Waals surface area (Å²) in [6.07, 6.45) is 2.08. The van der Waals surface area contributed by atoms with Crippen molar-refractivity contribution in [2.24, 2.45) is 11.5 Å². The highest BCUT2D eigenvalue weighted by Crippen LogP contribution is 2.19. The second-order valence-corrected chi connectivity index (χ2v) is 5.48. The van der Waals surface area contributed by atoms with Gasteiger partial charge in [-0.05, 0) is 42.3 Å². The molecule has 0 aromatic heterocycles. The first-order valence-corrected chi connectivity index (χ1v) is 7.91. The number of carbonyl (C=O) groups excluding carboxylic acids is 1. The van der Waals surface area contributed by atoms with E-state index in [4.69, 9.17) is 11.5 Å². The quantitative estimate of drug-likeness (QED) is 0.782. The number of nitrogens with two attached hydrogens (primary N) is 2. The van der Waals surface area contributed by atoms with Crippen molar-refractivity contribution in [3.8, 4) is 0 Å². The largest absolute Gasteiger partial charge is 0.342 e. The molecule has 2 aromatic carbocycles. The second-order valence-electron chi connectivity index (χ2n) is 5.48. The first-order valence-electron chi connectivity index (χ1n) is 7.91. The molecule has 0 radical (unpaired) electrons. The van der Waals surface area contributed by atoms with Gasteiger partial charge in [0.05, 0.1) is 6.42 Å². The summed E-state index contributed by atoms with van der Waals surface area (Å²) in [4.78, 5) is 14.5. The fraction of sp³-hybridized carbons (Fsp3) is 0.389. The molecule has 4 heteroatoms. The summed E-state index contributed by atoms with van der Waals surface area (Å²) in [5, 5.41) is 2.32. The van der Waals surface area contributed by atoms with E-state index < -0.39 is 0 Å². The van der Waals surface area contributed by atoms with Crippen LogP contribution in [0.25, 0.3) is 10.8 Å². The fourth-order valence-electron chi connectivity index (χ4n) is 2.65. The molecule has 0 saturated carbocycles. The number of hydrogen-bond acceptors (Lipinski definition) is 3. The van der Waals surface area contributed by atoms with Crippen LogP contribution in [0.5, 0.6) is 0 Å². The maximum atomic E-state index is 12.6. The molecule has 118 valence electrons. The maximum Gasteiger partial charge on any atom is 0.227 e. The number of amides is 1. The van der Waals surface area contributed by atoms with Crippen molar-refractivity contribution in [2.75, 3.05) is 26.2 Å². The molecule has 1 amide bonds. The molecular formula is C18H25N3O. The molecule has 2 aromatic rings. The Morgan fingerprint density at radius 3 is 2.23 bits per heavy atom. The molecule has 0 bridgehead atoms. The average molecular weight is 299 g/mol. The van der Waals surface area contributed by atoms with E-state index in [-0.39, 0.29) is 5.91 Å². The zero-order chi connectivity index (χ0) is 15.8. The van der Waals surface area contributed by atoms with Crippen LogP contribution in [0.2, 0.25) is 0 Å². The highest BCUT2D eigenvalue weighted by Gasteiger charge is 2.14. The van der Waals surface area contributed by atoms with E-state index >= 15 is 0 Å². The van der Waals surface area contributed by atoms with Crippen molar-refractivity contribution >= 4 is 16.7 Å². The van der Waals surface area contributed by atoms with E-state index in [0.29, 0.717) is 32.6 Å². The zero-order valence-corrected chi connectivity index (χ0v) is 13.0. The fourth-order valence-corrected chi connectivity index (χ4v) is 2.65. The van der Waals surface area contributed by atoms with E-state index in [1.165, 1.54) is 5.39 Å². The summed E-state index contributed by atoms with van der Waals surface area (Å²) in [5.41, 5.74) is 12.2. The van der Waals surface area contributed by atoms with Gasteiger partial charge in [0.1, 0.15) is 0 Å². The Kier molecular flexibility index (Phi) is 6.37. The van der Waals surface area contributed by atoms with Crippen molar-refractivity contribution in [3.05, 3.63) is 48.0 Å². The Morgan fingerprint density at radius 1 is 0.909 bits per heavy atom. The Labute approximate surface area is 132 Å². The normalized spacial score (nSPS) is 10.8. The lowest BCUT2D eigenvalue weighted by molar-refractivity contribution is -0.130. The summed E-state index contributed by atoms with van der Waals surface area (Å²) in [6.45, 7) is 2.61. The van der Waals surface area contributed by atoms with Crippen molar-refractivity contribution < 1.29 is 4.79 Å². The van der Waals surface area contributed by atoms with Gasteiger partial charge >= 0.3 is 0 Å². The van der Waals surface area contributed by atoms with Gasteiger partial charge in [0.15, 0.2) is 0 Å². The van der Waals surface area contributed by atoms with Crippen LogP contribution in [0, 0.1) is 0 Å². The number of fused-ring (bicyclic) bond motifs is 1. The third kappa shape index (κ3) is 4.29. The molecule has 4 N–H and O–H groups in total. The molecule has 2 rings (SSSR count). The number of hydrogen-bond donors (Lipinski definition) is 2. The molecule has 22 heavy (non-hydrogen) atoms. The molecule has 0 aliphatic rings. The van der Waals surface area contributed by atoms with Crippen LogP contribution in [0.1, 0.15) is 18.4 Å². The number of nitrogens with zero attached hydrogens (tertiary/aromatic N) is 1. The first kappa shape index (κ1) is 16.5. The minimum Gasteiger partial charge on any atom is -0.342 e. The summed E-state index contributed by atoms with van der Waals surface area (Å²) in [5.74, 6) is 0.151. The molecule has 0 unspecified atom stereocenters. The predicted octanol–water partition coefficient (Wildman–Crippen LogP) is 1.91. The van der Waals surface area contributed by atoms with Crippen LogP contribution in [-0.4, -0.2) is 37.0 Å². The molecule has 0 atom stereocenters. The molecule has 0 spiro atoms. The minimum atomic E-state index is 0.151. The predicted molar refractivity (Wildman–Crippen MR) is 91.6 cm³/mol. The van der Waals surface area contributed by atoms with Crippen molar-refractivity contribution in [1.82, 2.24) is 4.90 Å². The van der Waals surface area contributed by atoms with Crippen LogP contribution in [0.3, 0.4) is 0 Å². The van der Waals surface area contributed by atoms with Crippen molar-refractivity contribution in [1.29, 1.82) is 0 Å². The molecule has 0 aliphatic carbocycles. The lowest BCUT2D eigenvalue weighted by atomic mass is 10.0. The van der Waals surface area contributed by atoms with E-state index in [9.17, 15) is 4.79 Å². The Bertz CT molecular complexity index is 599. The summed E-state index contributed by atoms with van der Waals surface area (Å²) in [6, 6.07) is 14.3. The Balaban J connectivity index is 2.13. The smallest absolute Gasteiger partial charge is 0.227 e. The van der Waals surface area contributed by atoms with E-state index in [0.717, 1.165) is 23.8 Å². The first-order chi connectivity index (χ1) is 10.8. The highest BCUT2D eigenvalue weighted by molar-refractivity contribution is 5.90. The maximum absolute atomic E-state index is 12.6. The van der Waals surface area contributed by atoms with Gasteiger partial charge in [0.2, 0.25) is 5.91 Å². The zero-order valence-electron chi connectivity index (χ0n) is 13.0. The second kappa shape index (κ2) is 8.51. The van der Waals surface area contributed by atoms with Gasteiger partial charge in [-0.25, -0.2) is 0 Å². The molecule has 4 nitrogen and oxygen atoms in total. The Morgan fingerprint density at radius 2 is 1.55 bits per heavy atom. The van der Waals surface area contributed by atoms with Gasteiger partial charge in [-0.15, -0.1) is 0 Å². The number of rotatable bonds is 8. The van der Waals surface area contributed by atoms with Crippen molar-refractivity contribution in [3.63, 3.8) is 0 Å². The van der Waals surface area contributed by atoms with Crippen LogP contribution in [0.15, 0.2) is 42.5 Å². The molecule has 0 aliphatic heterocycles. The lowest BCUT2D eigenvalue weighted by Gasteiger charge is -2.22. The van der Waals surface area contributed by atoms with Crippen LogP contribution >= 0.6 is 0 Å². The third-order valence-corrected chi connectivity index (χ3v) is 3.84. The van der Waals surface area contributed by atoms with Gasteiger partial charge in [-0.2, -0.15) is 0 Å². The van der Waals surface area contributed by atoms with Gasteiger partial charge in [0, 0.05) is 13.1 Å². The van der Waals surface area contributed by atoms with Gasteiger partial charge < -0.3 is 16.4 Å². The standard InChI is InChI=1S/C18H25N3O/c19-10-4-12-21(13-5-11-20)18(22)14-16-8-3-7-15-6-1-2-9-17(15)16/h1-3,6-9H,4-5,10-14,19-20H2. The van der Waals surface area contributed by atoms with Crippen LogP contribution < -0.4 is 11.5 Å². The summed E-state index contributed by atoms with van der Waals surface area (Å²) in [7, 11) is 0. The lowest BCUT2D eigenvalue weighted by Crippen LogP contribution is -2.35. The van der Waals surface area contributed by atoms with Crippen LogP contribution in [0.4, 0.5) is 0 Å². The Hall–Kier alpha value is -1.91. The number of benzene rings is 2. The number of carbonyl (C=O) groups is 1. The monoisotopic (exact) mass is 299 g/mol. The van der Waals surface area contributed by atoms with Gasteiger partial charge in [0.25, 0.3) is 0 Å².